The molecule has 6 heteroatoms. The van der Waals surface area contributed by atoms with Crippen molar-refractivity contribution in [2.45, 2.75) is 25.8 Å². The molecule has 0 aliphatic carbocycles. The van der Waals surface area contributed by atoms with E-state index in [1.165, 1.54) is 0 Å². The van der Waals surface area contributed by atoms with Gasteiger partial charge < -0.3 is 20.7 Å². The van der Waals surface area contributed by atoms with E-state index < -0.39 is 0 Å². The molecule has 2 aromatic carbocycles. The second-order valence-electron chi connectivity index (χ2n) is 6.24. The molecule has 1 fully saturated rings. The molecule has 0 radical (unpaired) electrons. The van der Waals surface area contributed by atoms with Gasteiger partial charge in [-0.05, 0) is 48.7 Å². The predicted octanol–water partition coefficient (Wildman–Crippen LogP) is 2.92. The van der Waals surface area contributed by atoms with Crippen LogP contribution in [0.4, 0.5) is 11.4 Å². The molecule has 1 aliphatic heterocycles. The number of rotatable bonds is 5. The standard InChI is InChI=1S/C20H23N3O3/c1-26-18-10-9-16(12-17(18)23-11-3-2-4-19(23)24)22-20(25)15-7-5-14(13-21)6-8-15/h5-10,12H,2-4,11,13,21H2,1H3,(H,22,25). The van der Waals surface area contributed by atoms with Crippen molar-refractivity contribution in [1.29, 1.82) is 0 Å². The van der Waals surface area contributed by atoms with E-state index in [0.717, 1.165) is 18.4 Å². The molecular formula is C20H23N3O3. The number of nitrogens with two attached hydrogens (primary N) is 1. The molecule has 2 amide bonds. The molecule has 0 aromatic heterocycles. The van der Waals surface area contributed by atoms with Crippen LogP contribution in [0.15, 0.2) is 42.5 Å². The van der Waals surface area contributed by atoms with Crippen molar-refractivity contribution in [2.75, 3.05) is 23.9 Å². The summed E-state index contributed by atoms with van der Waals surface area (Å²) in [5.41, 5.74) is 8.41. The second kappa shape index (κ2) is 8.01. The first kappa shape index (κ1) is 17.9. The first-order valence-electron chi connectivity index (χ1n) is 8.71. The van der Waals surface area contributed by atoms with Gasteiger partial charge >= 0.3 is 0 Å². The van der Waals surface area contributed by atoms with E-state index in [2.05, 4.69) is 5.32 Å². The van der Waals surface area contributed by atoms with Gasteiger partial charge in [0.1, 0.15) is 5.75 Å². The topological polar surface area (TPSA) is 84.7 Å². The number of hydrogen-bond acceptors (Lipinski definition) is 4. The third-order valence-corrected chi connectivity index (χ3v) is 4.50. The normalized spacial score (nSPS) is 14.2. The highest BCUT2D eigenvalue weighted by Gasteiger charge is 2.23. The van der Waals surface area contributed by atoms with Gasteiger partial charge in [-0.15, -0.1) is 0 Å². The van der Waals surface area contributed by atoms with Crippen LogP contribution in [0.25, 0.3) is 0 Å². The van der Waals surface area contributed by atoms with Gasteiger partial charge in [0, 0.05) is 30.8 Å². The SMILES string of the molecule is COc1ccc(NC(=O)c2ccc(CN)cc2)cc1N1CCCCC1=O. The van der Waals surface area contributed by atoms with E-state index in [-0.39, 0.29) is 11.8 Å². The molecule has 0 unspecified atom stereocenters. The van der Waals surface area contributed by atoms with Crippen molar-refractivity contribution in [3.8, 4) is 5.75 Å². The summed E-state index contributed by atoms with van der Waals surface area (Å²) < 4.78 is 5.40. The lowest BCUT2D eigenvalue weighted by atomic mass is 10.1. The van der Waals surface area contributed by atoms with E-state index in [1.54, 1.807) is 42.3 Å². The number of nitrogens with one attached hydrogen (secondary N) is 1. The monoisotopic (exact) mass is 353 g/mol. The van der Waals surface area contributed by atoms with E-state index >= 15 is 0 Å². The number of anilines is 2. The lowest BCUT2D eigenvalue weighted by molar-refractivity contribution is -0.119. The quantitative estimate of drug-likeness (QED) is 0.865. The highest BCUT2D eigenvalue weighted by atomic mass is 16.5. The number of amides is 2. The van der Waals surface area contributed by atoms with Crippen molar-refractivity contribution >= 4 is 23.2 Å². The average Bonchev–Trinajstić information content (AvgIpc) is 2.68. The van der Waals surface area contributed by atoms with Gasteiger partial charge in [-0.3, -0.25) is 9.59 Å². The summed E-state index contributed by atoms with van der Waals surface area (Å²) in [5.74, 6) is 0.482. The Bertz CT molecular complexity index is 802. The van der Waals surface area contributed by atoms with Crippen LogP contribution in [0, 0.1) is 0 Å². The zero-order valence-corrected chi connectivity index (χ0v) is 14.8. The minimum absolute atomic E-state index is 0.0791. The maximum atomic E-state index is 12.5. The van der Waals surface area contributed by atoms with Gasteiger partial charge in [0.2, 0.25) is 5.91 Å². The summed E-state index contributed by atoms with van der Waals surface area (Å²) in [6.45, 7) is 1.10. The molecule has 6 nitrogen and oxygen atoms in total. The number of benzene rings is 2. The Hall–Kier alpha value is -2.86. The van der Waals surface area contributed by atoms with Crippen molar-refractivity contribution < 1.29 is 14.3 Å². The molecule has 0 atom stereocenters. The highest BCUT2D eigenvalue weighted by molar-refractivity contribution is 6.05. The van der Waals surface area contributed by atoms with Gasteiger partial charge in [-0.25, -0.2) is 0 Å². The van der Waals surface area contributed by atoms with Crippen LogP contribution in [0.2, 0.25) is 0 Å². The fraction of sp³-hybridized carbons (Fsp3) is 0.300. The van der Waals surface area contributed by atoms with Gasteiger partial charge in [-0.2, -0.15) is 0 Å². The molecule has 0 saturated carbocycles. The number of carbonyl (C=O) groups is 2. The third kappa shape index (κ3) is 3.86. The van der Waals surface area contributed by atoms with Crippen molar-refractivity contribution in [1.82, 2.24) is 0 Å². The zero-order valence-electron chi connectivity index (χ0n) is 14.8. The van der Waals surface area contributed by atoms with E-state index in [1.807, 2.05) is 12.1 Å². The lowest BCUT2D eigenvalue weighted by Crippen LogP contribution is -2.35. The summed E-state index contributed by atoms with van der Waals surface area (Å²) in [6, 6.07) is 12.5. The Kier molecular flexibility index (Phi) is 5.53. The first-order valence-corrected chi connectivity index (χ1v) is 8.71. The number of nitrogens with zero attached hydrogens (tertiary/aromatic N) is 1. The Morgan fingerprint density at radius 3 is 2.62 bits per heavy atom. The molecule has 1 aliphatic rings. The van der Waals surface area contributed by atoms with Crippen LogP contribution >= 0.6 is 0 Å². The van der Waals surface area contributed by atoms with Crippen molar-refractivity contribution in [2.24, 2.45) is 5.73 Å². The van der Waals surface area contributed by atoms with Gasteiger partial charge in [0.15, 0.2) is 0 Å². The maximum absolute atomic E-state index is 12.5. The molecule has 136 valence electrons. The van der Waals surface area contributed by atoms with Crippen LogP contribution in [0.1, 0.15) is 35.2 Å². The Morgan fingerprint density at radius 1 is 1.19 bits per heavy atom. The zero-order chi connectivity index (χ0) is 18.5. The number of methoxy groups -OCH3 is 1. The maximum Gasteiger partial charge on any atom is 0.255 e. The number of carbonyl (C=O) groups excluding carboxylic acids is 2. The summed E-state index contributed by atoms with van der Waals surface area (Å²) in [4.78, 5) is 26.4. The molecule has 1 saturated heterocycles. The Morgan fingerprint density at radius 2 is 1.96 bits per heavy atom. The summed E-state index contributed by atoms with van der Waals surface area (Å²) in [6.07, 6.45) is 2.40. The fourth-order valence-corrected chi connectivity index (χ4v) is 3.03. The van der Waals surface area contributed by atoms with Crippen LogP contribution in [0.3, 0.4) is 0 Å². The van der Waals surface area contributed by atoms with E-state index in [4.69, 9.17) is 10.5 Å². The smallest absolute Gasteiger partial charge is 0.255 e. The fourth-order valence-electron chi connectivity index (χ4n) is 3.03. The first-order chi connectivity index (χ1) is 12.6. The highest BCUT2D eigenvalue weighted by Crippen LogP contribution is 2.33. The molecule has 26 heavy (non-hydrogen) atoms. The molecule has 2 aromatic rings. The second-order valence-corrected chi connectivity index (χ2v) is 6.24. The lowest BCUT2D eigenvalue weighted by Gasteiger charge is -2.28. The molecular weight excluding hydrogens is 330 g/mol. The summed E-state index contributed by atoms with van der Waals surface area (Å²) in [5, 5.41) is 2.88. The van der Waals surface area contributed by atoms with Crippen LogP contribution in [-0.4, -0.2) is 25.5 Å². The Labute approximate surface area is 152 Å². The molecule has 1 heterocycles. The summed E-state index contributed by atoms with van der Waals surface area (Å²) in [7, 11) is 1.57. The van der Waals surface area contributed by atoms with Crippen LogP contribution < -0.4 is 20.7 Å². The largest absolute Gasteiger partial charge is 0.495 e. The van der Waals surface area contributed by atoms with Crippen molar-refractivity contribution in [3.05, 3.63) is 53.6 Å². The van der Waals surface area contributed by atoms with Crippen molar-refractivity contribution in [3.63, 3.8) is 0 Å². The molecule has 0 bridgehead atoms. The number of ether oxygens (including phenoxy) is 1. The predicted molar refractivity (Wildman–Crippen MR) is 101 cm³/mol. The third-order valence-electron chi connectivity index (χ3n) is 4.50. The van der Waals surface area contributed by atoms with E-state index in [9.17, 15) is 9.59 Å². The molecule has 3 rings (SSSR count). The van der Waals surface area contributed by atoms with Crippen LogP contribution in [-0.2, 0) is 11.3 Å². The minimum Gasteiger partial charge on any atom is -0.495 e. The molecule has 3 N–H and O–H groups in total. The van der Waals surface area contributed by atoms with Gasteiger partial charge in [0.05, 0.1) is 12.8 Å². The van der Waals surface area contributed by atoms with Crippen LogP contribution in [0.5, 0.6) is 5.75 Å². The number of piperidine rings is 1. The van der Waals surface area contributed by atoms with E-state index in [0.29, 0.717) is 42.2 Å². The summed E-state index contributed by atoms with van der Waals surface area (Å²) >= 11 is 0. The molecule has 0 spiro atoms. The number of hydrogen-bond donors (Lipinski definition) is 2. The minimum atomic E-state index is -0.213. The van der Waals surface area contributed by atoms with Gasteiger partial charge in [0.25, 0.3) is 5.91 Å². The average molecular weight is 353 g/mol. The Balaban J connectivity index is 1.82. The van der Waals surface area contributed by atoms with Gasteiger partial charge in [-0.1, -0.05) is 12.1 Å².